The fraction of sp³-hybridized carbons (Fsp3) is 0.211. The normalized spacial score (nSPS) is 15.9. The number of aromatic amines is 1. The summed E-state index contributed by atoms with van der Waals surface area (Å²) in [6.45, 7) is 5.70. The van der Waals surface area contributed by atoms with Gasteiger partial charge in [0.1, 0.15) is 23.4 Å². The van der Waals surface area contributed by atoms with Gasteiger partial charge in [-0.2, -0.15) is 0 Å². The topological polar surface area (TPSA) is 63.0 Å². The summed E-state index contributed by atoms with van der Waals surface area (Å²) >= 11 is 6.62. The van der Waals surface area contributed by atoms with E-state index in [2.05, 4.69) is 15.0 Å². The number of halogens is 2. The van der Waals surface area contributed by atoms with Crippen molar-refractivity contribution < 1.29 is 4.39 Å². The Morgan fingerprint density at radius 3 is 2.77 bits per heavy atom. The molecule has 7 heteroatoms. The van der Waals surface area contributed by atoms with Gasteiger partial charge in [0.05, 0.1) is 16.4 Å². The van der Waals surface area contributed by atoms with Crippen LogP contribution in [0, 0.1) is 19.7 Å². The quantitative estimate of drug-likeness (QED) is 0.706. The molecule has 5 nitrogen and oxygen atoms in total. The molecule has 0 radical (unpaired) electrons. The van der Waals surface area contributed by atoms with Crippen molar-refractivity contribution in [3.8, 4) is 5.69 Å². The molecule has 0 saturated heterocycles. The van der Waals surface area contributed by atoms with Gasteiger partial charge in [-0.1, -0.05) is 17.7 Å². The van der Waals surface area contributed by atoms with Gasteiger partial charge in [0.2, 0.25) is 5.56 Å². The number of rotatable bonds is 1. The minimum atomic E-state index is -0.560. The van der Waals surface area contributed by atoms with Crippen molar-refractivity contribution in [1.82, 2.24) is 14.5 Å². The lowest BCUT2D eigenvalue weighted by molar-refractivity contribution is 0.616. The third kappa shape index (κ3) is 2.41. The molecule has 4 rings (SSSR count). The average Bonchev–Trinajstić information content (AvgIpc) is 2.93. The molecule has 0 saturated carbocycles. The van der Waals surface area contributed by atoms with Gasteiger partial charge in [-0.15, -0.1) is 0 Å². The zero-order valence-corrected chi connectivity index (χ0v) is 15.2. The molecule has 1 aliphatic rings. The summed E-state index contributed by atoms with van der Waals surface area (Å²) in [4.78, 5) is 23.5. The van der Waals surface area contributed by atoms with Crippen LogP contribution in [0.2, 0.25) is 5.02 Å². The van der Waals surface area contributed by atoms with Crippen LogP contribution in [0.4, 0.5) is 4.39 Å². The number of H-pyrrole nitrogens is 1. The maximum Gasteiger partial charge on any atom is 0.248 e. The van der Waals surface area contributed by atoms with E-state index >= 15 is 0 Å². The minimum Gasteiger partial charge on any atom is -0.318 e. The number of hydrogen-bond donors (Lipinski definition) is 1. The van der Waals surface area contributed by atoms with Gasteiger partial charge < -0.3 is 4.98 Å². The molecule has 1 N–H and O–H groups in total. The predicted molar refractivity (Wildman–Crippen MR) is 99.1 cm³/mol. The van der Waals surface area contributed by atoms with Crippen molar-refractivity contribution >= 4 is 17.3 Å². The fourth-order valence-electron chi connectivity index (χ4n) is 3.28. The zero-order chi connectivity index (χ0) is 18.6. The van der Waals surface area contributed by atoms with Crippen molar-refractivity contribution in [3.05, 3.63) is 80.0 Å². The summed E-state index contributed by atoms with van der Waals surface area (Å²) in [6.07, 6.45) is 1.77. The first-order valence-corrected chi connectivity index (χ1v) is 8.57. The van der Waals surface area contributed by atoms with Gasteiger partial charge >= 0.3 is 0 Å². The third-order valence-electron chi connectivity index (χ3n) is 4.56. The molecule has 3 aromatic rings. The number of aryl methyl sites for hydroxylation is 2. The first-order chi connectivity index (χ1) is 12.4. The third-order valence-corrected chi connectivity index (χ3v) is 5.04. The highest BCUT2D eigenvalue weighted by atomic mass is 35.5. The first-order valence-electron chi connectivity index (χ1n) is 8.19. The van der Waals surface area contributed by atoms with Crippen molar-refractivity contribution in [3.63, 3.8) is 0 Å². The molecule has 1 atom stereocenters. The second-order valence-corrected chi connectivity index (χ2v) is 6.76. The predicted octanol–water partition coefficient (Wildman–Crippen LogP) is 3.88. The number of aliphatic imine (C=N–C) groups is 1. The van der Waals surface area contributed by atoms with Crippen LogP contribution in [0.25, 0.3) is 5.69 Å². The van der Waals surface area contributed by atoms with Crippen LogP contribution in [0.5, 0.6) is 0 Å². The summed E-state index contributed by atoms with van der Waals surface area (Å²) in [5.74, 6) is 0.174. The monoisotopic (exact) mass is 370 g/mol. The second kappa shape index (κ2) is 5.92. The number of imidazole rings is 1. The van der Waals surface area contributed by atoms with Gasteiger partial charge in [-0.05, 0) is 38.5 Å². The molecular weight excluding hydrogens is 355 g/mol. The minimum absolute atomic E-state index is 0.0292. The number of nitrogens with one attached hydrogen (secondary N) is 1. The Hall–Kier alpha value is -2.73. The van der Waals surface area contributed by atoms with E-state index in [0.29, 0.717) is 16.3 Å². The summed E-state index contributed by atoms with van der Waals surface area (Å²) in [5.41, 5.74) is 3.05. The van der Waals surface area contributed by atoms with Gasteiger partial charge in [-0.3, -0.25) is 14.4 Å². The number of hydrogen-bond acceptors (Lipinski definition) is 3. The Morgan fingerprint density at radius 1 is 1.23 bits per heavy atom. The highest BCUT2D eigenvalue weighted by molar-refractivity contribution is 6.36. The van der Waals surface area contributed by atoms with Gasteiger partial charge in [0, 0.05) is 23.5 Å². The molecule has 0 unspecified atom stereocenters. The van der Waals surface area contributed by atoms with Crippen LogP contribution >= 0.6 is 11.6 Å². The van der Waals surface area contributed by atoms with Gasteiger partial charge in [-0.25, -0.2) is 9.37 Å². The highest BCUT2D eigenvalue weighted by Crippen LogP contribution is 2.36. The van der Waals surface area contributed by atoms with Crippen LogP contribution in [0.15, 0.2) is 40.2 Å². The van der Waals surface area contributed by atoms with Gasteiger partial charge in [0.15, 0.2) is 0 Å². The summed E-state index contributed by atoms with van der Waals surface area (Å²) < 4.78 is 16.5. The number of fused-ring (bicyclic) bond motifs is 3. The maximum absolute atomic E-state index is 14.6. The van der Waals surface area contributed by atoms with E-state index in [4.69, 9.17) is 11.6 Å². The highest BCUT2D eigenvalue weighted by Gasteiger charge is 2.28. The van der Waals surface area contributed by atoms with Crippen LogP contribution in [0.1, 0.15) is 41.3 Å². The number of aromatic nitrogens is 3. The second-order valence-electron chi connectivity index (χ2n) is 6.38. The molecule has 0 aliphatic carbocycles. The molecule has 1 aliphatic heterocycles. The van der Waals surface area contributed by atoms with Crippen LogP contribution < -0.4 is 5.56 Å². The van der Waals surface area contributed by atoms with E-state index in [9.17, 15) is 9.18 Å². The van der Waals surface area contributed by atoms with E-state index < -0.39 is 11.4 Å². The fourth-order valence-corrected chi connectivity index (χ4v) is 3.53. The molecule has 3 heterocycles. The van der Waals surface area contributed by atoms with Crippen LogP contribution in [-0.2, 0) is 0 Å². The molecule has 132 valence electrons. The zero-order valence-electron chi connectivity index (χ0n) is 14.5. The molecular formula is C19H16ClFN4O. The Bertz CT molecular complexity index is 1130. The standard InChI is InChI=1S/C19H16ClFN4O/c1-9-4-6-13-15(16(9)20)18(17-12(21)5-7-14(26)24-17)23-11(3)19-22-8-10(2)25(13)19/h4-8,11H,1-3H3,(H,24,26)/t11-/m0/s1. The summed E-state index contributed by atoms with van der Waals surface area (Å²) in [7, 11) is 0. The molecule has 0 amide bonds. The smallest absolute Gasteiger partial charge is 0.248 e. The SMILES string of the molecule is Cc1ccc2c(c1Cl)C(c1[nH]c(=O)ccc1F)=N[C@@H](C)c1ncc(C)n1-2. The van der Waals surface area contributed by atoms with E-state index in [-0.39, 0.29) is 11.7 Å². The van der Waals surface area contributed by atoms with Crippen LogP contribution in [0.3, 0.4) is 0 Å². The van der Waals surface area contributed by atoms with E-state index in [0.717, 1.165) is 34.9 Å². The lowest BCUT2D eigenvalue weighted by Crippen LogP contribution is -2.18. The largest absolute Gasteiger partial charge is 0.318 e. The van der Waals surface area contributed by atoms with E-state index in [1.807, 2.05) is 37.5 Å². The average molecular weight is 371 g/mol. The molecule has 2 aromatic heterocycles. The molecule has 26 heavy (non-hydrogen) atoms. The van der Waals surface area contributed by atoms with Crippen molar-refractivity contribution in [2.75, 3.05) is 0 Å². The Balaban J connectivity index is 2.14. The van der Waals surface area contributed by atoms with E-state index in [1.165, 1.54) is 0 Å². The Morgan fingerprint density at radius 2 is 2.00 bits per heavy atom. The molecule has 0 spiro atoms. The summed E-state index contributed by atoms with van der Waals surface area (Å²) in [5, 5.41) is 0.471. The lowest BCUT2D eigenvalue weighted by Gasteiger charge is -2.16. The molecule has 0 fully saturated rings. The number of nitrogens with zero attached hydrogens (tertiary/aromatic N) is 3. The first kappa shape index (κ1) is 16.7. The Labute approximate surface area is 154 Å². The van der Waals surface area contributed by atoms with Crippen LogP contribution in [-0.4, -0.2) is 20.2 Å². The van der Waals surface area contributed by atoms with Crippen molar-refractivity contribution in [2.45, 2.75) is 26.8 Å². The van der Waals surface area contributed by atoms with E-state index in [1.54, 1.807) is 6.20 Å². The summed E-state index contributed by atoms with van der Waals surface area (Å²) in [6, 6.07) is 5.77. The maximum atomic E-state index is 14.6. The Kier molecular flexibility index (Phi) is 3.80. The molecule has 0 bridgehead atoms. The number of benzene rings is 1. The van der Waals surface area contributed by atoms with Gasteiger partial charge in [0.25, 0.3) is 0 Å². The number of pyridine rings is 1. The lowest BCUT2D eigenvalue weighted by atomic mass is 10.0. The molecule has 1 aromatic carbocycles. The van der Waals surface area contributed by atoms with Crippen molar-refractivity contribution in [2.24, 2.45) is 4.99 Å². The van der Waals surface area contributed by atoms with Crippen molar-refractivity contribution in [1.29, 1.82) is 0 Å².